The monoisotopic (exact) mass is 484 g/mol. The van der Waals surface area contributed by atoms with Gasteiger partial charge in [-0.1, -0.05) is 23.7 Å². The number of amides is 4. The fraction of sp³-hybridized carbons (Fsp3) is 0.174. The van der Waals surface area contributed by atoms with Gasteiger partial charge in [-0.3, -0.25) is 24.1 Å². The van der Waals surface area contributed by atoms with Crippen molar-refractivity contribution in [3.8, 4) is 0 Å². The molecule has 2 aromatic rings. The molecule has 0 spiro atoms. The third-order valence-electron chi connectivity index (χ3n) is 5.06. The maximum Gasteiger partial charge on any atom is 0.338 e. The molecule has 1 atom stereocenters. The molecule has 0 N–H and O–H groups in total. The molecule has 2 fully saturated rings. The summed E-state index contributed by atoms with van der Waals surface area (Å²) in [6.45, 7) is 1.90. The average molecular weight is 485 g/mol. The predicted octanol–water partition coefficient (Wildman–Crippen LogP) is 3.89. The van der Waals surface area contributed by atoms with Crippen LogP contribution in [0.2, 0.25) is 5.02 Å². The van der Waals surface area contributed by atoms with Crippen molar-refractivity contribution in [1.82, 2.24) is 4.90 Å². The first-order valence-electron chi connectivity index (χ1n) is 9.96. The summed E-state index contributed by atoms with van der Waals surface area (Å²) in [7, 11) is 0. The summed E-state index contributed by atoms with van der Waals surface area (Å²) in [6, 6.07) is 11.2. The maximum absolute atomic E-state index is 13.0. The van der Waals surface area contributed by atoms with Crippen LogP contribution in [0.3, 0.4) is 0 Å². The molecule has 0 aliphatic carbocycles. The number of nitrogens with zero attached hydrogens (tertiary/aromatic N) is 2. The number of carbonyl (C=O) groups excluding carboxylic acids is 5. The summed E-state index contributed by atoms with van der Waals surface area (Å²) in [5.41, 5.74) is 1.18. The van der Waals surface area contributed by atoms with E-state index in [0.717, 1.165) is 9.80 Å². The van der Waals surface area contributed by atoms with E-state index >= 15 is 0 Å². The van der Waals surface area contributed by atoms with Crippen LogP contribution in [-0.2, 0) is 19.1 Å². The second-order valence-electron chi connectivity index (χ2n) is 7.16. The molecule has 2 heterocycles. The van der Waals surface area contributed by atoms with Crippen LogP contribution in [0.4, 0.5) is 10.5 Å². The van der Waals surface area contributed by atoms with Crippen molar-refractivity contribution in [2.24, 2.45) is 0 Å². The molecular formula is C23H17ClN2O6S. The van der Waals surface area contributed by atoms with Gasteiger partial charge in [0, 0.05) is 5.02 Å². The zero-order chi connectivity index (χ0) is 23.7. The van der Waals surface area contributed by atoms with Crippen molar-refractivity contribution in [2.75, 3.05) is 11.5 Å². The van der Waals surface area contributed by atoms with Gasteiger partial charge in [0.05, 0.1) is 29.2 Å². The van der Waals surface area contributed by atoms with Gasteiger partial charge in [0.1, 0.15) is 6.04 Å². The third-order valence-corrected chi connectivity index (χ3v) is 6.20. The number of benzene rings is 2. The Hall–Kier alpha value is -3.43. The number of esters is 1. The first-order chi connectivity index (χ1) is 15.8. The van der Waals surface area contributed by atoms with Gasteiger partial charge in [0.2, 0.25) is 5.91 Å². The largest absolute Gasteiger partial charge is 0.462 e. The minimum atomic E-state index is -1.23. The van der Waals surface area contributed by atoms with Gasteiger partial charge in [-0.2, -0.15) is 0 Å². The van der Waals surface area contributed by atoms with Gasteiger partial charge in [0.25, 0.3) is 17.1 Å². The summed E-state index contributed by atoms with van der Waals surface area (Å²) >= 11 is 6.58. The van der Waals surface area contributed by atoms with Crippen LogP contribution in [0.15, 0.2) is 53.4 Å². The molecule has 4 amide bonds. The molecule has 0 radical (unpaired) electrons. The van der Waals surface area contributed by atoms with Gasteiger partial charge >= 0.3 is 5.97 Å². The van der Waals surface area contributed by atoms with E-state index < -0.39 is 35.0 Å². The first kappa shape index (κ1) is 22.8. The molecule has 2 aliphatic rings. The normalized spacial score (nSPS) is 19.7. The standard InChI is InChI=1S/C23H17ClN2O6S/c1-2-32-22(30)14-5-9-16(10-6-14)25-19(27)12-17(20(25)28)26-21(29)18(33-23(26)31)11-13-3-7-15(24)8-4-13/h3-11,17H,2,12H2,1H3. The van der Waals surface area contributed by atoms with E-state index in [9.17, 15) is 24.0 Å². The minimum Gasteiger partial charge on any atom is -0.462 e. The van der Waals surface area contributed by atoms with Crippen LogP contribution in [0.5, 0.6) is 0 Å². The number of thioether (sulfide) groups is 1. The number of hydrogen-bond acceptors (Lipinski definition) is 7. The minimum absolute atomic E-state index is 0.153. The lowest BCUT2D eigenvalue weighted by molar-refractivity contribution is -0.130. The molecule has 2 saturated heterocycles. The molecule has 0 saturated carbocycles. The van der Waals surface area contributed by atoms with Gasteiger partial charge in [-0.15, -0.1) is 0 Å². The Morgan fingerprint density at radius 2 is 1.76 bits per heavy atom. The molecule has 10 heteroatoms. The van der Waals surface area contributed by atoms with E-state index in [1.807, 2.05) is 0 Å². The van der Waals surface area contributed by atoms with Gasteiger partial charge < -0.3 is 4.74 Å². The van der Waals surface area contributed by atoms with E-state index in [1.54, 1.807) is 31.2 Å². The number of hydrogen-bond donors (Lipinski definition) is 0. The Bertz CT molecular complexity index is 1190. The topological polar surface area (TPSA) is 101 Å². The maximum atomic E-state index is 13.0. The van der Waals surface area contributed by atoms with Gasteiger partial charge in [-0.05, 0) is 66.7 Å². The Morgan fingerprint density at radius 3 is 2.39 bits per heavy atom. The van der Waals surface area contributed by atoms with E-state index in [0.29, 0.717) is 22.3 Å². The van der Waals surface area contributed by atoms with Crippen LogP contribution in [0, 0.1) is 0 Å². The van der Waals surface area contributed by atoms with Crippen molar-refractivity contribution in [2.45, 2.75) is 19.4 Å². The predicted molar refractivity (Wildman–Crippen MR) is 123 cm³/mol. The molecule has 0 aromatic heterocycles. The van der Waals surface area contributed by atoms with Crippen LogP contribution < -0.4 is 4.90 Å². The molecule has 8 nitrogen and oxygen atoms in total. The van der Waals surface area contributed by atoms with E-state index in [-0.39, 0.29) is 29.2 Å². The van der Waals surface area contributed by atoms with Crippen molar-refractivity contribution in [3.05, 3.63) is 69.6 Å². The Labute approximate surface area is 198 Å². The molecule has 0 bridgehead atoms. The summed E-state index contributed by atoms with van der Waals surface area (Å²) < 4.78 is 4.92. The molecular weight excluding hydrogens is 468 g/mol. The van der Waals surface area contributed by atoms with E-state index in [2.05, 4.69) is 0 Å². The first-order valence-corrected chi connectivity index (χ1v) is 11.2. The number of ether oxygens (including phenoxy) is 1. The van der Waals surface area contributed by atoms with E-state index in [4.69, 9.17) is 16.3 Å². The van der Waals surface area contributed by atoms with Crippen molar-refractivity contribution in [3.63, 3.8) is 0 Å². The highest BCUT2D eigenvalue weighted by Gasteiger charge is 2.50. The van der Waals surface area contributed by atoms with Crippen molar-refractivity contribution < 1.29 is 28.7 Å². The molecule has 33 heavy (non-hydrogen) atoms. The highest BCUT2D eigenvalue weighted by atomic mass is 35.5. The summed E-state index contributed by atoms with van der Waals surface area (Å²) in [6.07, 6.45) is 1.22. The summed E-state index contributed by atoms with van der Waals surface area (Å²) in [5.74, 6) is -2.38. The Balaban J connectivity index is 1.54. The summed E-state index contributed by atoms with van der Waals surface area (Å²) in [5, 5.41) is -0.0865. The fourth-order valence-corrected chi connectivity index (χ4v) is 4.51. The zero-order valence-electron chi connectivity index (χ0n) is 17.3. The lowest BCUT2D eigenvalue weighted by Crippen LogP contribution is -2.44. The molecule has 168 valence electrons. The zero-order valence-corrected chi connectivity index (χ0v) is 18.9. The number of carbonyl (C=O) groups is 5. The van der Waals surface area contributed by atoms with Crippen molar-refractivity contribution in [1.29, 1.82) is 0 Å². The number of halogens is 1. The molecule has 1 unspecified atom stereocenters. The van der Waals surface area contributed by atoms with Crippen LogP contribution in [0.1, 0.15) is 29.3 Å². The Morgan fingerprint density at radius 1 is 1.09 bits per heavy atom. The number of imide groups is 2. The lowest BCUT2D eigenvalue weighted by atomic mass is 10.2. The third kappa shape index (κ3) is 4.42. The smallest absolute Gasteiger partial charge is 0.338 e. The second-order valence-corrected chi connectivity index (χ2v) is 8.59. The SMILES string of the molecule is CCOC(=O)c1ccc(N2C(=O)CC(N3C(=O)SC(=Cc4ccc(Cl)cc4)C3=O)C2=O)cc1. The van der Waals surface area contributed by atoms with E-state index in [1.165, 1.54) is 30.3 Å². The van der Waals surface area contributed by atoms with Crippen LogP contribution in [-0.4, -0.2) is 46.5 Å². The molecule has 2 aliphatic heterocycles. The molecule has 4 rings (SSSR count). The van der Waals surface area contributed by atoms with Crippen LogP contribution in [0.25, 0.3) is 6.08 Å². The average Bonchev–Trinajstić information content (AvgIpc) is 3.23. The fourth-order valence-electron chi connectivity index (χ4n) is 3.51. The highest BCUT2D eigenvalue weighted by molar-refractivity contribution is 8.18. The number of rotatable bonds is 5. The number of anilines is 1. The van der Waals surface area contributed by atoms with Gasteiger partial charge in [0.15, 0.2) is 0 Å². The highest BCUT2D eigenvalue weighted by Crippen LogP contribution is 2.37. The van der Waals surface area contributed by atoms with Gasteiger partial charge in [-0.25, -0.2) is 9.69 Å². The quantitative estimate of drug-likeness (QED) is 0.360. The van der Waals surface area contributed by atoms with Crippen molar-refractivity contribution >= 4 is 64.1 Å². The second kappa shape index (κ2) is 9.21. The summed E-state index contributed by atoms with van der Waals surface area (Å²) in [4.78, 5) is 64.9. The molecule has 2 aromatic carbocycles. The van der Waals surface area contributed by atoms with Crippen LogP contribution >= 0.6 is 23.4 Å². The Kier molecular flexibility index (Phi) is 6.35. The lowest BCUT2D eigenvalue weighted by Gasteiger charge is -2.20.